The first-order valence-electron chi connectivity index (χ1n) is 17.9. The van der Waals surface area contributed by atoms with Crippen molar-refractivity contribution in [3.63, 3.8) is 0 Å². The molecule has 0 fully saturated rings. The average molecular weight is 1390 g/mol. The van der Waals surface area contributed by atoms with Gasteiger partial charge in [0.2, 0.25) is 0 Å². The second-order valence-electron chi connectivity index (χ2n) is 15.7. The van der Waals surface area contributed by atoms with E-state index in [-0.39, 0.29) is 0 Å². The van der Waals surface area contributed by atoms with E-state index in [1.54, 1.807) is 0 Å². The first-order chi connectivity index (χ1) is 34.8. The Bertz CT molecular complexity index is 2210. The van der Waals surface area contributed by atoms with E-state index >= 15 is 0 Å². The zero-order valence-electron chi connectivity index (χ0n) is 36.2. The first-order valence-corrected chi connectivity index (χ1v) is 19.4. The molecule has 0 aromatic heterocycles. The van der Waals surface area contributed by atoms with Crippen LogP contribution < -0.4 is 0 Å². The first kappa shape index (κ1) is 79.6. The average Bonchev–Trinajstić information content (AvgIpc) is 3.23. The molecule has 83 heavy (non-hydrogen) atoms. The van der Waals surface area contributed by atoms with Crippen LogP contribution in [0.4, 0.5) is 220 Å². The maximum Gasteiger partial charge on any atom is 0.473 e. The van der Waals surface area contributed by atoms with Crippen molar-refractivity contribution >= 4 is 7.82 Å². The van der Waals surface area contributed by atoms with Crippen LogP contribution in [0.3, 0.4) is 0 Å². The lowest BCUT2D eigenvalue weighted by Gasteiger charge is -2.46. The number of hydrogen-bond donors (Lipinski definition) is 1. The van der Waals surface area contributed by atoms with E-state index in [4.69, 9.17) is 4.89 Å². The Hall–Kier alpha value is -3.39. The van der Waals surface area contributed by atoms with E-state index in [9.17, 15) is 224 Å². The SMILES string of the molecule is CC(OP(=O)(O)OC(C)C(F)(F)C(F)(F)C(F)(F)C(F)(F)C(F)(F)C(F)(F)C(F)(F)C(F)(F)C(F)(F)C(F)(F)C(F)(F)C(F)(F)F)C(F)(F)C(F)(F)C(F)(F)C(F)(F)C(F)(F)C(F)(F)C(F)(F)C(F)(F)C(F)(F)C(F)(F)C(F)(F)C(F)(F)F. The Kier molecular flexibility index (Phi) is 19.0. The highest BCUT2D eigenvalue weighted by Crippen LogP contribution is 2.71. The van der Waals surface area contributed by atoms with E-state index < -0.39 is 177 Å². The van der Waals surface area contributed by atoms with Crippen molar-refractivity contribution in [1.82, 2.24) is 0 Å². The molecule has 55 heteroatoms. The summed E-state index contributed by atoms with van der Waals surface area (Å²) in [7, 11) is -8.53. The zero-order valence-corrected chi connectivity index (χ0v) is 37.1. The van der Waals surface area contributed by atoms with E-state index in [0.717, 1.165) is 0 Å². The summed E-state index contributed by atoms with van der Waals surface area (Å²) in [6, 6.07) is 0. The molecule has 4 nitrogen and oxygen atoms in total. The highest BCUT2D eigenvalue weighted by atomic mass is 31.2. The van der Waals surface area contributed by atoms with Gasteiger partial charge in [0.1, 0.15) is 12.2 Å². The summed E-state index contributed by atoms with van der Waals surface area (Å²) in [4.78, 5) is 9.17. The van der Waals surface area contributed by atoms with Crippen LogP contribution in [0.15, 0.2) is 0 Å². The Morgan fingerprint density at radius 1 is 0.217 bits per heavy atom. The molecule has 0 heterocycles. The molecular weight excluding hydrogens is 1380 g/mol. The van der Waals surface area contributed by atoms with Gasteiger partial charge in [-0.1, -0.05) is 0 Å². The van der Waals surface area contributed by atoms with Crippen molar-refractivity contribution in [2.24, 2.45) is 0 Å². The summed E-state index contributed by atoms with van der Waals surface area (Å²) in [6.45, 7) is -3.33. The Balaban J connectivity index is 7.54. The van der Waals surface area contributed by atoms with Gasteiger partial charge in [-0.3, -0.25) is 9.05 Å². The van der Waals surface area contributed by atoms with Gasteiger partial charge < -0.3 is 4.89 Å². The van der Waals surface area contributed by atoms with Crippen LogP contribution in [0.25, 0.3) is 0 Å². The molecular formula is C28H9F50O4P. The predicted molar refractivity (Wildman–Crippen MR) is 152 cm³/mol. The molecule has 0 aliphatic carbocycles. The number of alkyl halides is 50. The van der Waals surface area contributed by atoms with Crippen molar-refractivity contribution in [2.75, 3.05) is 0 Å². The van der Waals surface area contributed by atoms with Crippen LogP contribution in [0, 0.1) is 0 Å². The maximum absolute atomic E-state index is 14.5. The van der Waals surface area contributed by atoms with Crippen molar-refractivity contribution in [2.45, 2.75) is 169 Å². The highest BCUT2D eigenvalue weighted by molar-refractivity contribution is 7.47. The number of phosphoric acid groups is 1. The molecule has 0 radical (unpaired) electrons. The lowest BCUT2D eigenvalue weighted by molar-refractivity contribution is -0.483. The summed E-state index contributed by atoms with van der Waals surface area (Å²) in [6.07, 6.45) is -28.6. The Labute approximate surface area is 415 Å². The summed E-state index contributed by atoms with van der Waals surface area (Å²) < 4.78 is 702. The van der Waals surface area contributed by atoms with Gasteiger partial charge in [0.25, 0.3) is 0 Å². The van der Waals surface area contributed by atoms with Gasteiger partial charge in [0.15, 0.2) is 0 Å². The second kappa shape index (κ2) is 19.8. The van der Waals surface area contributed by atoms with E-state index in [1.807, 2.05) is 0 Å². The minimum absolute atomic E-state index is 1.67. The Morgan fingerprint density at radius 2 is 0.313 bits per heavy atom. The minimum atomic E-state index is -10.2. The van der Waals surface area contributed by atoms with Crippen molar-refractivity contribution < 1.29 is 238 Å². The maximum atomic E-state index is 14.5. The molecule has 1 N–H and O–H groups in total. The second-order valence-corrected chi connectivity index (χ2v) is 17.1. The normalized spacial score (nSPS) is 18.6. The van der Waals surface area contributed by atoms with E-state index in [0.29, 0.717) is 0 Å². The van der Waals surface area contributed by atoms with Gasteiger partial charge in [-0.05, 0) is 13.8 Å². The third-order valence-corrected chi connectivity index (χ3v) is 11.4. The Morgan fingerprint density at radius 3 is 0.422 bits per heavy atom. The summed E-state index contributed by atoms with van der Waals surface area (Å²) in [5, 5.41) is 0. The van der Waals surface area contributed by atoms with Gasteiger partial charge in [0, 0.05) is 0 Å². The number of hydrogen-bond acceptors (Lipinski definition) is 3. The fourth-order valence-electron chi connectivity index (χ4n) is 5.00. The number of phosphoric ester groups is 1. The lowest BCUT2D eigenvalue weighted by atomic mass is 9.84. The van der Waals surface area contributed by atoms with Crippen LogP contribution in [-0.2, 0) is 13.6 Å². The standard InChI is InChI=1S/C28H9F50O4P/c1-3(5(29,30)7(33,34)9(37,38)11(41,42)13(45,46)15(49,50)17(53,54)19(57,58)21(61,62)23(65,66)25(69,70)27(73,74)75)81-83(79,80)82-4(2)6(31,32)8(35,36)10(39,40)12(43,44)14(47,48)16(51,52)18(55,56)20(59,60)22(63,64)24(67,68)26(71,72)28(76,77)78/h3-4H,1-2H3,(H,79,80). The molecule has 0 aromatic carbocycles. The van der Waals surface area contributed by atoms with Crippen LogP contribution in [-0.4, -0.2) is 160 Å². The zero-order chi connectivity index (χ0) is 69.1. The van der Waals surface area contributed by atoms with Gasteiger partial charge in [-0.15, -0.1) is 0 Å². The molecule has 2 unspecified atom stereocenters. The van der Waals surface area contributed by atoms with Crippen molar-refractivity contribution in [3.8, 4) is 0 Å². The molecule has 0 saturated heterocycles. The van der Waals surface area contributed by atoms with Crippen LogP contribution in [0.2, 0.25) is 0 Å². The van der Waals surface area contributed by atoms with Crippen LogP contribution in [0.1, 0.15) is 13.8 Å². The molecule has 0 bridgehead atoms. The van der Waals surface area contributed by atoms with Crippen LogP contribution in [0.5, 0.6) is 0 Å². The van der Waals surface area contributed by atoms with Crippen molar-refractivity contribution in [3.05, 3.63) is 0 Å². The summed E-state index contributed by atoms with van der Waals surface area (Å²) >= 11 is 0. The molecule has 0 aromatic rings. The highest BCUT2D eigenvalue weighted by Gasteiger charge is 3.02. The quantitative estimate of drug-likeness (QED) is 0.0693. The number of rotatable bonds is 26. The molecule has 0 amide bonds. The van der Waals surface area contributed by atoms with Gasteiger partial charge in [-0.25, -0.2) is 4.57 Å². The minimum Gasteiger partial charge on any atom is -0.302 e. The smallest absolute Gasteiger partial charge is 0.302 e. The number of halogens is 50. The molecule has 0 aliphatic rings. The van der Waals surface area contributed by atoms with E-state index in [2.05, 4.69) is 9.05 Å². The van der Waals surface area contributed by atoms with Crippen molar-refractivity contribution in [1.29, 1.82) is 0 Å². The third kappa shape index (κ3) is 9.83. The largest absolute Gasteiger partial charge is 0.473 e. The topological polar surface area (TPSA) is 55.8 Å². The molecule has 500 valence electrons. The fourth-order valence-corrected chi connectivity index (χ4v) is 6.11. The molecule has 0 rings (SSSR count). The third-order valence-electron chi connectivity index (χ3n) is 10.3. The van der Waals surface area contributed by atoms with Crippen LogP contribution >= 0.6 is 7.82 Å². The molecule has 2 atom stereocenters. The van der Waals surface area contributed by atoms with Gasteiger partial charge in [-0.2, -0.15) is 220 Å². The van der Waals surface area contributed by atoms with Gasteiger partial charge >= 0.3 is 150 Å². The lowest BCUT2D eigenvalue weighted by Crippen LogP contribution is -2.78. The summed E-state index contributed by atoms with van der Waals surface area (Å²) in [5.74, 6) is -214. The predicted octanol–water partition coefficient (Wildman–Crippen LogP) is 17.0. The fraction of sp³-hybridized carbons (Fsp3) is 1.00. The summed E-state index contributed by atoms with van der Waals surface area (Å²) in [5.41, 5.74) is 0. The molecule has 0 spiro atoms. The van der Waals surface area contributed by atoms with Gasteiger partial charge in [0.05, 0.1) is 0 Å². The molecule has 0 saturated carbocycles. The van der Waals surface area contributed by atoms with E-state index in [1.165, 1.54) is 0 Å². The monoisotopic (exact) mass is 1390 g/mol. The molecule has 0 aliphatic heterocycles.